The third-order valence-corrected chi connectivity index (χ3v) is 4.99. The van der Waals surface area contributed by atoms with Gasteiger partial charge >= 0.3 is 0 Å². The Kier molecular flexibility index (Phi) is 4.74. The van der Waals surface area contributed by atoms with E-state index < -0.39 is 0 Å². The largest absolute Gasteiger partial charge is 0.375 e. The van der Waals surface area contributed by atoms with Crippen molar-refractivity contribution in [3.63, 3.8) is 0 Å². The predicted octanol–water partition coefficient (Wildman–Crippen LogP) is 4.66. The lowest BCUT2D eigenvalue weighted by Gasteiger charge is -2.24. The molecule has 1 aromatic carbocycles. The standard InChI is InChI=1S/C15H20BrClO/c1-9-10(2)18-11(3)15(9)14(17)8-12-5-4-6-13(16)7-12/h4-7,9-11,14-15H,8H2,1-3H3. The van der Waals surface area contributed by atoms with Crippen LogP contribution in [0.15, 0.2) is 28.7 Å². The molecule has 1 aliphatic heterocycles. The minimum atomic E-state index is 0.134. The molecule has 1 aromatic rings. The van der Waals surface area contributed by atoms with Crippen molar-refractivity contribution in [3.8, 4) is 0 Å². The van der Waals surface area contributed by atoms with Gasteiger partial charge in [-0.2, -0.15) is 0 Å². The Bertz CT molecular complexity index is 409. The Balaban J connectivity index is 2.06. The van der Waals surface area contributed by atoms with Crippen LogP contribution in [0.1, 0.15) is 26.3 Å². The minimum Gasteiger partial charge on any atom is -0.375 e. The first kappa shape index (κ1) is 14.4. The fraction of sp³-hybridized carbons (Fsp3) is 0.600. The summed E-state index contributed by atoms with van der Waals surface area (Å²) in [7, 11) is 0. The van der Waals surface area contributed by atoms with E-state index in [0.717, 1.165) is 10.9 Å². The summed E-state index contributed by atoms with van der Waals surface area (Å²) in [5.41, 5.74) is 1.28. The zero-order chi connectivity index (χ0) is 13.3. The second kappa shape index (κ2) is 5.94. The second-order valence-electron chi connectivity index (χ2n) is 5.33. The van der Waals surface area contributed by atoms with Gasteiger partial charge in [-0.05, 0) is 43.9 Å². The molecule has 100 valence electrons. The second-order valence-corrected chi connectivity index (χ2v) is 6.81. The monoisotopic (exact) mass is 330 g/mol. The number of ether oxygens (including phenoxy) is 1. The van der Waals surface area contributed by atoms with E-state index in [1.54, 1.807) is 0 Å². The van der Waals surface area contributed by atoms with Crippen LogP contribution >= 0.6 is 27.5 Å². The fourth-order valence-corrected chi connectivity index (χ4v) is 4.00. The lowest BCUT2D eigenvalue weighted by molar-refractivity contribution is 0.0508. The summed E-state index contributed by atoms with van der Waals surface area (Å²) >= 11 is 10.1. The molecule has 5 atom stereocenters. The molecule has 1 aliphatic rings. The van der Waals surface area contributed by atoms with E-state index in [4.69, 9.17) is 16.3 Å². The summed E-state index contributed by atoms with van der Waals surface area (Å²) in [4.78, 5) is 0. The van der Waals surface area contributed by atoms with Crippen LogP contribution in [0.2, 0.25) is 0 Å². The zero-order valence-corrected chi connectivity index (χ0v) is 13.4. The van der Waals surface area contributed by atoms with Gasteiger partial charge in [0.25, 0.3) is 0 Å². The number of benzene rings is 1. The van der Waals surface area contributed by atoms with Gasteiger partial charge in [0.15, 0.2) is 0 Å². The highest BCUT2D eigenvalue weighted by atomic mass is 79.9. The van der Waals surface area contributed by atoms with Crippen molar-refractivity contribution in [2.24, 2.45) is 11.8 Å². The summed E-state index contributed by atoms with van der Waals surface area (Å²) < 4.78 is 6.99. The molecule has 1 fully saturated rings. The Labute approximate surface area is 123 Å². The van der Waals surface area contributed by atoms with Crippen LogP contribution < -0.4 is 0 Å². The molecular weight excluding hydrogens is 312 g/mol. The molecule has 1 heterocycles. The zero-order valence-electron chi connectivity index (χ0n) is 11.1. The van der Waals surface area contributed by atoms with Crippen LogP contribution in [0.3, 0.4) is 0 Å². The van der Waals surface area contributed by atoms with Gasteiger partial charge in [0.05, 0.1) is 12.2 Å². The predicted molar refractivity (Wildman–Crippen MR) is 80.2 cm³/mol. The maximum atomic E-state index is 6.63. The van der Waals surface area contributed by atoms with Gasteiger partial charge in [0.1, 0.15) is 0 Å². The highest BCUT2D eigenvalue weighted by molar-refractivity contribution is 9.10. The molecule has 3 heteroatoms. The summed E-state index contributed by atoms with van der Waals surface area (Å²) in [6.07, 6.45) is 1.47. The Morgan fingerprint density at radius 1 is 1.28 bits per heavy atom. The van der Waals surface area contributed by atoms with E-state index in [9.17, 15) is 0 Å². The molecule has 5 unspecified atom stereocenters. The first-order valence-corrected chi connectivity index (χ1v) is 7.76. The van der Waals surface area contributed by atoms with Crippen LogP contribution in [0.5, 0.6) is 0 Å². The average Bonchev–Trinajstić information content (AvgIpc) is 2.53. The molecule has 2 rings (SSSR count). The van der Waals surface area contributed by atoms with E-state index in [0.29, 0.717) is 17.9 Å². The molecule has 0 spiro atoms. The van der Waals surface area contributed by atoms with Crippen molar-refractivity contribution in [3.05, 3.63) is 34.3 Å². The van der Waals surface area contributed by atoms with Crippen molar-refractivity contribution in [2.75, 3.05) is 0 Å². The topological polar surface area (TPSA) is 9.23 Å². The maximum absolute atomic E-state index is 6.63. The van der Waals surface area contributed by atoms with E-state index in [1.165, 1.54) is 5.56 Å². The van der Waals surface area contributed by atoms with Crippen LogP contribution in [-0.4, -0.2) is 17.6 Å². The Morgan fingerprint density at radius 2 is 2.00 bits per heavy atom. The maximum Gasteiger partial charge on any atom is 0.0596 e. The van der Waals surface area contributed by atoms with E-state index in [-0.39, 0.29) is 11.5 Å². The molecule has 0 N–H and O–H groups in total. The highest BCUT2D eigenvalue weighted by Crippen LogP contribution is 2.37. The van der Waals surface area contributed by atoms with Gasteiger partial charge < -0.3 is 4.74 Å². The molecule has 18 heavy (non-hydrogen) atoms. The molecule has 0 aromatic heterocycles. The summed E-state index contributed by atoms with van der Waals surface area (Å²) in [6.45, 7) is 6.53. The summed E-state index contributed by atoms with van der Waals surface area (Å²) in [5, 5.41) is 0.134. The molecule has 0 amide bonds. The van der Waals surface area contributed by atoms with Crippen LogP contribution in [-0.2, 0) is 11.2 Å². The van der Waals surface area contributed by atoms with Gasteiger partial charge in [-0.15, -0.1) is 11.6 Å². The average molecular weight is 332 g/mol. The number of halogens is 2. The molecule has 0 aliphatic carbocycles. The molecule has 1 saturated heterocycles. The minimum absolute atomic E-state index is 0.134. The Hall–Kier alpha value is -0.0500. The van der Waals surface area contributed by atoms with E-state index >= 15 is 0 Å². The molecule has 0 saturated carbocycles. The first-order valence-electron chi connectivity index (χ1n) is 6.53. The van der Waals surface area contributed by atoms with Crippen molar-refractivity contribution < 1.29 is 4.74 Å². The van der Waals surface area contributed by atoms with Gasteiger partial charge in [0.2, 0.25) is 0 Å². The number of hydrogen-bond acceptors (Lipinski definition) is 1. The smallest absolute Gasteiger partial charge is 0.0596 e. The van der Waals surface area contributed by atoms with Gasteiger partial charge in [-0.1, -0.05) is 35.0 Å². The summed E-state index contributed by atoms with van der Waals surface area (Å²) in [5.74, 6) is 0.954. The van der Waals surface area contributed by atoms with Crippen molar-refractivity contribution in [2.45, 2.75) is 44.8 Å². The van der Waals surface area contributed by atoms with Gasteiger partial charge in [0, 0.05) is 15.8 Å². The quantitative estimate of drug-likeness (QED) is 0.732. The molecular formula is C15H20BrClO. The lowest BCUT2D eigenvalue weighted by atomic mass is 9.84. The lowest BCUT2D eigenvalue weighted by Crippen LogP contribution is -2.28. The van der Waals surface area contributed by atoms with Crippen LogP contribution in [0, 0.1) is 11.8 Å². The van der Waals surface area contributed by atoms with Gasteiger partial charge in [-0.25, -0.2) is 0 Å². The highest BCUT2D eigenvalue weighted by Gasteiger charge is 2.40. The Morgan fingerprint density at radius 3 is 2.56 bits per heavy atom. The molecule has 0 radical (unpaired) electrons. The normalized spacial score (nSPS) is 33.6. The third kappa shape index (κ3) is 3.09. The molecule has 1 nitrogen and oxygen atoms in total. The van der Waals surface area contributed by atoms with Crippen LogP contribution in [0.25, 0.3) is 0 Å². The number of rotatable bonds is 3. The summed E-state index contributed by atoms with van der Waals surface area (Å²) in [6, 6.07) is 8.38. The third-order valence-electron chi connectivity index (χ3n) is 4.06. The van der Waals surface area contributed by atoms with E-state index in [2.05, 4.69) is 54.9 Å². The molecule has 0 bridgehead atoms. The van der Waals surface area contributed by atoms with Crippen molar-refractivity contribution in [1.29, 1.82) is 0 Å². The SMILES string of the molecule is CC1OC(C)C(C(Cl)Cc2cccc(Br)c2)C1C. The van der Waals surface area contributed by atoms with Gasteiger partial charge in [-0.3, -0.25) is 0 Å². The first-order chi connectivity index (χ1) is 8.49. The van der Waals surface area contributed by atoms with Crippen molar-refractivity contribution in [1.82, 2.24) is 0 Å². The van der Waals surface area contributed by atoms with Crippen molar-refractivity contribution >= 4 is 27.5 Å². The number of hydrogen-bond donors (Lipinski definition) is 0. The van der Waals surface area contributed by atoms with Crippen LogP contribution in [0.4, 0.5) is 0 Å². The number of alkyl halides is 1. The van der Waals surface area contributed by atoms with E-state index in [1.807, 2.05) is 6.07 Å². The fourth-order valence-electron chi connectivity index (χ4n) is 2.94.